The molecule has 3 rings (SSSR count). The molecule has 0 unspecified atom stereocenters. The number of benzene rings is 1. The van der Waals surface area contributed by atoms with Crippen molar-refractivity contribution in [2.45, 2.75) is 18.7 Å². The third-order valence-electron chi connectivity index (χ3n) is 3.64. The second-order valence-electron chi connectivity index (χ2n) is 5.37. The molecule has 2 aromatic rings. The van der Waals surface area contributed by atoms with Crippen molar-refractivity contribution in [3.05, 3.63) is 41.5 Å². The van der Waals surface area contributed by atoms with Crippen LogP contribution in [0.5, 0.6) is 0 Å². The summed E-state index contributed by atoms with van der Waals surface area (Å²) in [6.45, 7) is 0.0626. The minimum absolute atomic E-state index is 0.0665. The minimum atomic E-state index is -4.92. The van der Waals surface area contributed by atoms with Crippen LogP contribution >= 0.6 is 0 Å². The molecule has 128 valence electrons. The molecule has 6 nitrogen and oxygen atoms in total. The molecule has 1 aliphatic rings. The van der Waals surface area contributed by atoms with Gasteiger partial charge in [-0.25, -0.2) is 9.07 Å². The van der Waals surface area contributed by atoms with Crippen molar-refractivity contribution < 1.29 is 27.5 Å². The molecule has 1 aromatic carbocycles. The Balaban J connectivity index is 2.07. The van der Waals surface area contributed by atoms with Crippen LogP contribution in [0.3, 0.4) is 0 Å². The number of carbonyl (C=O) groups is 1. The molecule has 10 heteroatoms. The van der Waals surface area contributed by atoms with E-state index in [1.54, 1.807) is 0 Å². The number of aromatic nitrogens is 3. The van der Waals surface area contributed by atoms with Crippen molar-refractivity contribution in [1.82, 2.24) is 19.9 Å². The number of hydrogen-bond donors (Lipinski definition) is 1. The minimum Gasteiger partial charge on any atom is -0.391 e. The summed E-state index contributed by atoms with van der Waals surface area (Å²) in [5, 5.41) is 16.2. The Labute approximate surface area is 133 Å². The average Bonchev–Trinajstić information content (AvgIpc) is 3.12. The van der Waals surface area contributed by atoms with Crippen LogP contribution in [0.15, 0.2) is 24.3 Å². The molecule has 0 aliphatic carbocycles. The fourth-order valence-electron chi connectivity index (χ4n) is 2.54. The van der Waals surface area contributed by atoms with Crippen molar-refractivity contribution in [2.75, 3.05) is 13.1 Å². The zero-order valence-corrected chi connectivity index (χ0v) is 12.2. The highest BCUT2D eigenvalue weighted by atomic mass is 19.4. The van der Waals surface area contributed by atoms with Crippen molar-refractivity contribution in [3.8, 4) is 5.69 Å². The van der Waals surface area contributed by atoms with Gasteiger partial charge in [0.05, 0.1) is 11.8 Å². The first-order valence-corrected chi connectivity index (χ1v) is 7.03. The van der Waals surface area contributed by atoms with Gasteiger partial charge in [-0.3, -0.25) is 4.79 Å². The summed E-state index contributed by atoms with van der Waals surface area (Å²) in [5.74, 6) is -1.71. The molecule has 1 aromatic heterocycles. The summed E-state index contributed by atoms with van der Waals surface area (Å²) in [5.41, 5.74) is -2.45. The number of likely N-dealkylation sites (tertiary alicyclic amines) is 1. The third-order valence-corrected chi connectivity index (χ3v) is 3.64. The van der Waals surface area contributed by atoms with Crippen LogP contribution < -0.4 is 0 Å². The molecule has 24 heavy (non-hydrogen) atoms. The second kappa shape index (κ2) is 5.86. The molecule has 2 heterocycles. The van der Waals surface area contributed by atoms with Crippen LogP contribution in [0.2, 0.25) is 0 Å². The van der Waals surface area contributed by atoms with Crippen LogP contribution in [0.1, 0.15) is 22.6 Å². The Bertz CT molecular complexity index is 774. The third kappa shape index (κ3) is 2.96. The first-order chi connectivity index (χ1) is 11.3. The Kier molecular flexibility index (Phi) is 3.99. The first-order valence-electron chi connectivity index (χ1n) is 7.03. The van der Waals surface area contributed by atoms with E-state index in [0.717, 1.165) is 17.0 Å². The number of rotatable bonds is 2. The summed E-state index contributed by atoms with van der Waals surface area (Å²) in [6.07, 6.45) is -5.41. The summed E-state index contributed by atoms with van der Waals surface area (Å²) in [4.78, 5) is 13.4. The van der Waals surface area contributed by atoms with Gasteiger partial charge >= 0.3 is 6.18 Å². The van der Waals surface area contributed by atoms with E-state index < -0.39 is 35.4 Å². The molecule has 0 saturated carbocycles. The van der Waals surface area contributed by atoms with E-state index >= 15 is 0 Å². The van der Waals surface area contributed by atoms with E-state index in [4.69, 9.17) is 0 Å². The quantitative estimate of drug-likeness (QED) is 0.841. The molecule has 0 radical (unpaired) electrons. The zero-order valence-electron chi connectivity index (χ0n) is 12.2. The van der Waals surface area contributed by atoms with Gasteiger partial charge in [-0.15, -0.1) is 5.10 Å². The lowest BCUT2D eigenvalue weighted by atomic mass is 10.2. The highest BCUT2D eigenvalue weighted by Gasteiger charge is 2.43. The van der Waals surface area contributed by atoms with Crippen molar-refractivity contribution in [2.24, 2.45) is 0 Å². The predicted octanol–water partition coefficient (Wildman–Crippen LogP) is 1.63. The van der Waals surface area contributed by atoms with E-state index in [2.05, 4.69) is 10.3 Å². The lowest BCUT2D eigenvalue weighted by Crippen LogP contribution is -2.32. The molecule has 1 atom stereocenters. The highest BCUT2D eigenvalue weighted by Crippen LogP contribution is 2.33. The maximum absolute atomic E-state index is 13.4. The first kappa shape index (κ1) is 16.4. The van der Waals surface area contributed by atoms with E-state index in [-0.39, 0.29) is 25.2 Å². The molecule has 1 amide bonds. The number of aliphatic hydroxyl groups is 1. The Morgan fingerprint density at radius 3 is 2.67 bits per heavy atom. The Morgan fingerprint density at radius 2 is 2.08 bits per heavy atom. The molecule has 1 saturated heterocycles. The molecular weight excluding hydrogens is 332 g/mol. The Morgan fingerprint density at radius 1 is 1.33 bits per heavy atom. The van der Waals surface area contributed by atoms with Gasteiger partial charge in [0.2, 0.25) is 0 Å². The summed E-state index contributed by atoms with van der Waals surface area (Å²) < 4.78 is 54.0. The van der Waals surface area contributed by atoms with Crippen molar-refractivity contribution >= 4 is 5.91 Å². The van der Waals surface area contributed by atoms with E-state index in [1.807, 2.05) is 0 Å². The number of aliphatic hydroxyl groups excluding tert-OH is 1. The highest BCUT2D eigenvalue weighted by molar-refractivity contribution is 5.93. The average molecular weight is 344 g/mol. The SMILES string of the molecule is O=C(c1nnn(-c2cccc(F)c2)c1C(F)(F)F)N1CC[C@@H](O)C1. The van der Waals surface area contributed by atoms with Gasteiger partial charge < -0.3 is 10.0 Å². The molecule has 0 spiro atoms. The maximum atomic E-state index is 13.4. The lowest BCUT2D eigenvalue weighted by molar-refractivity contribution is -0.143. The standard InChI is InChI=1S/C14H12F4N4O2/c15-8-2-1-3-9(6-8)22-12(14(16,17)18)11(19-20-22)13(24)21-5-4-10(23)7-21/h1-3,6,10,23H,4-5,7H2/t10-/m1/s1. The monoisotopic (exact) mass is 344 g/mol. The molecule has 1 aliphatic heterocycles. The van der Waals surface area contributed by atoms with Gasteiger partial charge in [-0.05, 0) is 24.6 Å². The van der Waals surface area contributed by atoms with Gasteiger partial charge in [-0.1, -0.05) is 11.3 Å². The molecule has 1 N–H and O–H groups in total. The van der Waals surface area contributed by atoms with E-state index in [9.17, 15) is 27.5 Å². The van der Waals surface area contributed by atoms with Gasteiger partial charge in [0.25, 0.3) is 5.91 Å². The predicted molar refractivity (Wildman–Crippen MR) is 72.8 cm³/mol. The molecule has 1 fully saturated rings. The number of alkyl halides is 3. The molecular formula is C14H12F4N4O2. The lowest BCUT2D eigenvalue weighted by Gasteiger charge is -2.16. The van der Waals surface area contributed by atoms with Crippen molar-refractivity contribution in [1.29, 1.82) is 0 Å². The summed E-state index contributed by atoms with van der Waals surface area (Å²) in [6, 6.07) is 4.38. The zero-order chi connectivity index (χ0) is 17.5. The number of hydrogen-bond acceptors (Lipinski definition) is 4. The van der Waals surface area contributed by atoms with Gasteiger partial charge in [0.15, 0.2) is 11.4 Å². The fourth-order valence-corrected chi connectivity index (χ4v) is 2.54. The number of amides is 1. The van der Waals surface area contributed by atoms with E-state index in [0.29, 0.717) is 4.68 Å². The van der Waals surface area contributed by atoms with Crippen LogP contribution in [-0.2, 0) is 6.18 Å². The van der Waals surface area contributed by atoms with Crippen LogP contribution in [0.25, 0.3) is 5.69 Å². The number of β-amino-alcohol motifs (C(OH)–C–C–N with tert-alkyl or cyclic N) is 1. The summed E-state index contributed by atoms with van der Waals surface area (Å²) in [7, 11) is 0. The maximum Gasteiger partial charge on any atom is 0.435 e. The van der Waals surface area contributed by atoms with Crippen LogP contribution in [0.4, 0.5) is 17.6 Å². The molecule has 0 bridgehead atoms. The fraction of sp³-hybridized carbons (Fsp3) is 0.357. The second-order valence-corrected chi connectivity index (χ2v) is 5.37. The van der Waals surface area contributed by atoms with Gasteiger partial charge in [0.1, 0.15) is 5.82 Å². The smallest absolute Gasteiger partial charge is 0.391 e. The Hall–Kier alpha value is -2.49. The summed E-state index contributed by atoms with van der Waals surface area (Å²) >= 11 is 0. The number of carbonyl (C=O) groups excluding carboxylic acids is 1. The van der Waals surface area contributed by atoms with Gasteiger partial charge in [-0.2, -0.15) is 13.2 Å². The van der Waals surface area contributed by atoms with Gasteiger partial charge in [0, 0.05) is 13.1 Å². The van der Waals surface area contributed by atoms with E-state index in [1.165, 1.54) is 12.1 Å². The van der Waals surface area contributed by atoms with Crippen LogP contribution in [0, 0.1) is 5.82 Å². The normalized spacial score (nSPS) is 18.2. The topological polar surface area (TPSA) is 71.2 Å². The van der Waals surface area contributed by atoms with Crippen LogP contribution in [-0.4, -0.2) is 50.1 Å². The number of halogens is 4. The largest absolute Gasteiger partial charge is 0.435 e. The van der Waals surface area contributed by atoms with Crippen molar-refractivity contribution in [3.63, 3.8) is 0 Å². The number of nitrogens with zero attached hydrogens (tertiary/aromatic N) is 4.